The molecular formula is C15H20N4O3S3. The van der Waals surface area contributed by atoms with Crippen molar-refractivity contribution in [2.24, 2.45) is 0 Å². The number of nitrogens with zero attached hydrogens (tertiary/aromatic N) is 3. The fourth-order valence-electron chi connectivity index (χ4n) is 2.69. The van der Waals surface area contributed by atoms with Crippen molar-refractivity contribution in [3.63, 3.8) is 0 Å². The maximum absolute atomic E-state index is 12.5. The predicted molar refractivity (Wildman–Crippen MR) is 99.6 cm³/mol. The second-order valence-electron chi connectivity index (χ2n) is 5.90. The Bertz CT molecular complexity index is 830. The zero-order valence-electron chi connectivity index (χ0n) is 14.0. The third-order valence-corrected chi connectivity index (χ3v) is 7.87. The summed E-state index contributed by atoms with van der Waals surface area (Å²) in [5.41, 5.74) is 0.779. The molecule has 0 aromatic carbocycles. The summed E-state index contributed by atoms with van der Waals surface area (Å²) in [6, 6.07) is 3.33. The highest BCUT2D eigenvalue weighted by Crippen LogP contribution is 2.28. The van der Waals surface area contributed by atoms with E-state index in [1.165, 1.54) is 29.7 Å². The summed E-state index contributed by atoms with van der Waals surface area (Å²) in [5.74, 6) is -0.270. The first-order chi connectivity index (χ1) is 11.9. The minimum Gasteiger partial charge on any atom is -0.349 e. The molecule has 0 radical (unpaired) electrons. The molecule has 1 amide bonds. The lowest BCUT2D eigenvalue weighted by Gasteiger charge is -2.26. The molecule has 136 valence electrons. The van der Waals surface area contributed by atoms with Crippen molar-refractivity contribution in [1.82, 2.24) is 18.9 Å². The molecule has 25 heavy (non-hydrogen) atoms. The molecule has 1 unspecified atom stereocenters. The van der Waals surface area contributed by atoms with Crippen LogP contribution in [0.3, 0.4) is 0 Å². The zero-order valence-corrected chi connectivity index (χ0v) is 16.5. The molecule has 7 nitrogen and oxygen atoms in total. The van der Waals surface area contributed by atoms with Crippen LogP contribution in [0.25, 0.3) is 9.88 Å². The van der Waals surface area contributed by atoms with Gasteiger partial charge in [-0.2, -0.15) is 17.0 Å². The van der Waals surface area contributed by atoms with Crippen LogP contribution in [0.5, 0.6) is 0 Å². The Hall–Kier alpha value is -1.33. The van der Waals surface area contributed by atoms with Crippen LogP contribution in [0.2, 0.25) is 0 Å². The second kappa shape index (κ2) is 7.50. The number of thiazole rings is 1. The molecule has 0 saturated carbocycles. The van der Waals surface area contributed by atoms with Crippen LogP contribution in [0, 0.1) is 0 Å². The Morgan fingerprint density at radius 1 is 1.44 bits per heavy atom. The molecule has 0 spiro atoms. The molecule has 10 heteroatoms. The molecule has 3 heterocycles. The molecule has 3 rings (SSSR count). The molecular weight excluding hydrogens is 380 g/mol. The molecule has 2 aromatic heterocycles. The summed E-state index contributed by atoms with van der Waals surface area (Å²) in [4.78, 5) is 18.1. The molecule has 1 atom stereocenters. The van der Waals surface area contributed by atoms with Crippen molar-refractivity contribution in [3.8, 4) is 9.88 Å². The number of carbonyl (C=O) groups is 1. The van der Waals surface area contributed by atoms with Crippen molar-refractivity contribution >= 4 is 38.8 Å². The van der Waals surface area contributed by atoms with Gasteiger partial charge in [0.2, 0.25) is 5.91 Å². The maximum atomic E-state index is 12.5. The van der Waals surface area contributed by atoms with Crippen LogP contribution in [0.1, 0.15) is 18.5 Å². The van der Waals surface area contributed by atoms with Crippen LogP contribution in [0.15, 0.2) is 22.9 Å². The Kier molecular flexibility index (Phi) is 5.54. The van der Waals surface area contributed by atoms with Gasteiger partial charge in [0.25, 0.3) is 10.2 Å². The lowest BCUT2D eigenvalue weighted by molar-refractivity contribution is -0.124. The topological polar surface area (TPSA) is 82.6 Å². The van der Waals surface area contributed by atoms with Crippen molar-refractivity contribution in [2.75, 3.05) is 20.6 Å². The second-order valence-corrected chi connectivity index (χ2v) is 9.80. The first kappa shape index (κ1) is 18.5. The van der Waals surface area contributed by atoms with E-state index in [4.69, 9.17) is 0 Å². The molecule has 1 saturated heterocycles. The Morgan fingerprint density at radius 2 is 2.24 bits per heavy atom. The largest absolute Gasteiger partial charge is 0.349 e. The number of rotatable bonds is 6. The molecule has 0 bridgehead atoms. The highest BCUT2D eigenvalue weighted by Gasteiger charge is 2.39. The summed E-state index contributed by atoms with van der Waals surface area (Å²) in [5, 5.41) is 7.67. The molecule has 1 N–H and O–H groups in total. The van der Waals surface area contributed by atoms with Gasteiger partial charge in [-0.25, -0.2) is 4.98 Å². The van der Waals surface area contributed by atoms with Crippen LogP contribution in [-0.4, -0.2) is 54.6 Å². The SMILES string of the molecule is CN(C)S(=O)(=O)N1CCCC1C(=O)NCc1csc(-c2cccs2)n1. The number of amides is 1. The zero-order chi connectivity index (χ0) is 18.0. The summed E-state index contributed by atoms with van der Waals surface area (Å²) in [6.45, 7) is 0.672. The van der Waals surface area contributed by atoms with Gasteiger partial charge < -0.3 is 5.32 Å². The normalized spacial score (nSPS) is 18.8. The number of carbonyl (C=O) groups excluding carboxylic acids is 1. The monoisotopic (exact) mass is 400 g/mol. The number of hydrogen-bond donors (Lipinski definition) is 1. The maximum Gasteiger partial charge on any atom is 0.282 e. The number of aromatic nitrogens is 1. The fourth-order valence-corrected chi connectivity index (χ4v) is 5.62. The summed E-state index contributed by atoms with van der Waals surface area (Å²) in [6.07, 6.45) is 1.22. The first-order valence-electron chi connectivity index (χ1n) is 7.85. The van der Waals surface area contributed by atoms with E-state index in [0.29, 0.717) is 25.9 Å². The smallest absolute Gasteiger partial charge is 0.282 e. The molecule has 2 aromatic rings. The average molecular weight is 401 g/mol. The van der Waals surface area contributed by atoms with Crippen molar-refractivity contribution in [1.29, 1.82) is 0 Å². The Balaban J connectivity index is 1.63. The first-order valence-corrected chi connectivity index (χ1v) is 11.0. The van der Waals surface area contributed by atoms with Crippen molar-refractivity contribution < 1.29 is 13.2 Å². The van der Waals surface area contributed by atoms with E-state index in [9.17, 15) is 13.2 Å². The van der Waals surface area contributed by atoms with Crippen LogP contribution in [-0.2, 0) is 21.5 Å². The van der Waals surface area contributed by atoms with E-state index >= 15 is 0 Å². The van der Waals surface area contributed by atoms with E-state index in [-0.39, 0.29) is 5.91 Å². The average Bonchev–Trinajstić information content (AvgIpc) is 3.32. The molecule has 1 fully saturated rings. The minimum atomic E-state index is -3.59. The number of thiophene rings is 1. The standard InChI is InChI=1S/C15H20N4O3S3/c1-18(2)25(21,22)19-7-3-5-12(19)14(20)16-9-11-10-24-15(17-11)13-6-4-8-23-13/h4,6,8,10,12H,3,5,7,9H2,1-2H3,(H,16,20). The number of nitrogens with one attached hydrogen (secondary N) is 1. The minimum absolute atomic E-state index is 0.270. The third kappa shape index (κ3) is 3.93. The van der Waals surface area contributed by atoms with Gasteiger partial charge in [0.15, 0.2) is 0 Å². The van der Waals surface area contributed by atoms with Crippen LogP contribution in [0.4, 0.5) is 0 Å². The Morgan fingerprint density at radius 3 is 2.92 bits per heavy atom. The lowest BCUT2D eigenvalue weighted by Crippen LogP contribution is -2.49. The Labute approximate surface area is 155 Å². The van der Waals surface area contributed by atoms with E-state index in [1.54, 1.807) is 11.3 Å². The fraction of sp³-hybridized carbons (Fsp3) is 0.467. The van der Waals surface area contributed by atoms with Gasteiger partial charge in [0.05, 0.1) is 17.1 Å². The van der Waals surface area contributed by atoms with Crippen LogP contribution >= 0.6 is 22.7 Å². The van der Waals surface area contributed by atoms with E-state index < -0.39 is 16.3 Å². The van der Waals surface area contributed by atoms with Gasteiger partial charge in [-0.3, -0.25) is 4.79 Å². The highest BCUT2D eigenvalue weighted by atomic mass is 32.2. The van der Waals surface area contributed by atoms with Gasteiger partial charge in [-0.1, -0.05) is 6.07 Å². The van der Waals surface area contributed by atoms with Gasteiger partial charge in [0, 0.05) is 26.0 Å². The summed E-state index contributed by atoms with van der Waals surface area (Å²) >= 11 is 3.16. The van der Waals surface area contributed by atoms with Gasteiger partial charge in [-0.15, -0.1) is 22.7 Å². The van der Waals surface area contributed by atoms with E-state index in [0.717, 1.165) is 19.9 Å². The highest BCUT2D eigenvalue weighted by molar-refractivity contribution is 7.86. The van der Waals surface area contributed by atoms with Gasteiger partial charge in [-0.05, 0) is 24.3 Å². The molecule has 0 aliphatic carbocycles. The summed E-state index contributed by atoms with van der Waals surface area (Å²) in [7, 11) is -0.633. The lowest BCUT2D eigenvalue weighted by atomic mass is 10.2. The summed E-state index contributed by atoms with van der Waals surface area (Å²) < 4.78 is 27.1. The predicted octanol–water partition coefficient (Wildman–Crippen LogP) is 1.76. The van der Waals surface area contributed by atoms with Crippen molar-refractivity contribution in [2.45, 2.75) is 25.4 Å². The number of hydrogen-bond acceptors (Lipinski definition) is 6. The quantitative estimate of drug-likeness (QED) is 0.801. The van der Waals surface area contributed by atoms with Crippen LogP contribution < -0.4 is 5.32 Å². The van der Waals surface area contributed by atoms with E-state index in [2.05, 4.69) is 10.3 Å². The van der Waals surface area contributed by atoms with Gasteiger partial charge >= 0.3 is 0 Å². The molecule has 1 aliphatic heterocycles. The van der Waals surface area contributed by atoms with Gasteiger partial charge in [0.1, 0.15) is 11.0 Å². The van der Waals surface area contributed by atoms with E-state index in [1.807, 2.05) is 22.9 Å². The van der Waals surface area contributed by atoms with Crippen molar-refractivity contribution in [3.05, 3.63) is 28.6 Å². The third-order valence-electron chi connectivity index (χ3n) is 3.99. The molecule has 1 aliphatic rings.